The second-order valence-electron chi connectivity index (χ2n) is 7.45. The molecule has 1 unspecified atom stereocenters. The first kappa shape index (κ1) is 26.9. The number of aliphatic hydroxyl groups is 1. The summed E-state index contributed by atoms with van der Waals surface area (Å²) in [6, 6.07) is 7.36. The number of halogens is 5. The van der Waals surface area contributed by atoms with Gasteiger partial charge in [0.25, 0.3) is 5.91 Å². The zero-order valence-electron chi connectivity index (χ0n) is 17.9. The molecule has 2 aromatic rings. The summed E-state index contributed by atoms with van der Waals surface area (Å²) in [5.41, 5.74) is -0.192. The fraction of sp³-hybridized carbons (Fsp3) is 0.364. The van der Waals surface area contributed by atoms with Gasteiger partial charge in [-0.1, -0.05) is 43.6 Å². The molecule has 180 valence electrons. The van der Waals surface area contributed by atoms with E-state index in [0.717, 1.165) is 11.0 Å². The Labute approximate surface area is 200 Å². The number of nitrogens with zero attached hydrogens (tertiary/aromatic N) is 2. The summed E-state index contributed by atoms with van der Waals surface area (Å²) in [7, 11) is 0. The first-order valence-corrected chi connectivity index (χ1v) is 10.4. The molecule has 0 saturated heterocycles. The fourth-order valence-electron chi connectivity index (χ4n) is 4.01. The highest BCUT2D eigenvalue weighted by molar-refractivity contribution is 6.32. The molecule has 2 aromatic carbocycles. The number of hydrogen-bond donors (Lipinski definition) is 2. The minimum absolute atomic E-state index is 0. The van der Waals surface area contributed by atoms with Crippen LogP contribution in [0, 0.1) is 0 Å². The summed E-state index contributed by atoms with van der Waals surface area (Å²) >= 11 is 6.20. The number of amides is 2. The van der Waals surface area contributed by atoms with Crippen molar-refractivity contribution in [2.75, 3.05) is 31.1 Å². The van der Waals surface area contributed by atoms with Gasteiger partial charge in [-0.05, 0) is 31.3 Å². The lowest BCUT2D eigenvalue weighted by Gasteiger charge is -2.27. The van der Waals surface area contributed by atoms with Crippen LogP contribution < -0.4 is 10.6 Å². The van der Waals surface area contributed by atoms with Crippen LogP contribution in [-0.2, 0) is 16.6 Å². The van der Waals surface area contributed by atoms with Gasteiger partial charge in [0.1, 0.15) is 0 Å². The van der Waals surface area contributed by atoms with Gasteiger partial charge in [0.2, 0.25) is 5.91 Å². The molecule has 11 heteroatoms. The van der Waals surface area contributed by atoms with Crippen molar-refractivity contribution in [1.29, 1.82) is 0 Å². The molecular formula is C22H24Cl2F3N3O3. The molecule has 0 aliphatic carbocycles. The maximum Gasteiger partial charge on any atom is 0.416 e. The van der Waals surface area contributed by atoms with Crippen LogP contribution >= 0.6 is 24.0 Å². The van der Waals surface area contributed by atoms with Crippen LogP contribution in [0.15, 0.2) is 36.4 Å². The SMILES string of the molecule is CCN(CC)CCN1C(=O)C(O)(c2ccccc2Cl)c2c1cc(C(N)=O)cc2C(F)(F)F.Cl. The van der Waals surface area contributed by atoms with E-state index in [1.165, 1.54) is 24.3 Å². The molecule has 1 aliphatic rings. The second kappa shape index (κ2) is 9.89. The van der Waals surface area contributed by atoms with E-state index >= 15 is 0 Å². The lowest BCUT2D eigenvalue weighted by Crippen LogP contribution is -2.44. The predicted octanol–water partition coefficient (Wildman–Crippen LogP) is 3.80. The lowest BCUT2D eigenvalue weighted by molar-refractivity contribution is -0.142. The monoisotopic (exact) mass is 505 g/mol. The maximum atomic E-state index is 14.1. The summed E-state index contributed by atoms with van der Waals surface area (Å²) in [5.74, 6) is -2.05. The van der Waals surface area contributed by atoms with Crippen LogP contribution in [0.25, 0.3) is 0 Å². The summed E-state index contributed by atoms with van der Waals surface area (Å²) in [5, 5.41) is 11.5. The van der Waals surface area contributed by atoms with Gasteiger partial charge in [0.05, 0.1) is 11.3 Å². The van der Waals surface area contributed by atoms with Gasteiger partial charge in [-0.15, -0.1) is 12.4 Å². The Morgan fingerprint density at radius 2 is 1.82 bits per heavy atom. The smallest absolute Gasteiger partial charge is 0.372 e. The van der Waals surface area contributed by atoms with E-state index in [4.69, 9.17) is 17.3 Å². The fourth-order valence-corrected chi connectivity index (χ4v) is 4.28. The van der Waals surface area contributed by atoms with Gasteiger partial charge in [0, 0.05) is 34.8 Å². The zero-order valence-corrected chi connectivity index (χ0v) is 19.5. The number of fused-ring (bicyclic) bond motifs is 1. The molecule has 1 aliphatic heterocycles. The summed E-state index contributed by atoms with van der Waals surface area (Å²) < 4.78 is 42.3. The van der Waals surface area contributed by atoms with Crippen LogP contribution in [0.5, 0.6) is 0 Å². The molecule has 0 bridgehead atoms. The molecule has 0 spiro atoms. The highest BCUT2D eigenvalue weighted by Gasteiger charge is 2.56. The van der Waals surface area contributed by atoms with Gasteiger partial charge in [0.15, 0.2) is 5.60 Å². The molecule has 0 saturated carbocycles. The van der Waals surface area contributed by atoms with Crippen molar-refractivity contribution < 1.29 is 27.9 Å². The van der Waals surface area contributed by atoms with E-state index < -0.39 is 40.3 Å². The predicted molar refractivity (Wildman–Crippen MR) is 122 cm³/mol. The third-order valence-electron chi connectivity index (χ3n) is 5.71. The van der Waals surface area contributed by atoms with E-state index in [2.05, 4.69) is 0 Å². The molecule has 3 N–H and O–H groups in total. The summed E-state index contributed by atoms with van der Waals surface area (Å²) in [6.07, 6.45) is -4.97. The molecule has 6 nitrogen and oxygen atoms in total. The Morgan fingerprint density at radius 1 is 1.21 bits per heavy atom. The minimum atomic E-state index is -4.97. The van der Waals surface area contributed by atoms with Crippen molar-refractivity contribution in [3.8, 4) is 0 Å². The molecule has 0 aromatic heterocycles. The third kappa shape index (κ3) is 4.68. The number of rotatable bonds is 7. The van der Waals surface area contributed by atoms with Gasteiger partial charge in [-0.25, -0.2) is 0 Å². The molecule has 3 rings (SSSR count). The topological polar surface area (TPSA) is 86.9 Å². The van der Waals surface area contributed by atoms with Crippen LogP contribution in [0.1, 0.15) is 40.9 Å². The summed E-state index contributed by atoms with van der Waals surface area (Å²) in [6.45, 7) is 5.50. The van der Waals surface area contributed by atoms with Crippen molar-refractivity contribution in [1.82, 2.24) is 4.90 Å². The van der Waals surface area contributed by atoms with Gasteiger partial charge < -0.3 is 20.6 Å². The number of benzene rings is 2. The van der Waals surface area contributed by atoms with Gasteiger partial charge in [-0.3, -0.25) is 9.59 Å². The quantitative estimate of drug-likeness (QED) is 0.598. The van der Waals surface area contributed by atoms with Crippen LogP contribution in [-0.4, -0.2) is 48.0 Å². The highest BCUT2D eigenvalue weighted by Crippen LogP contribution is 2.51. The number of carbonyl (C=O) groups is 2. The molecular weight excluding hydrogens is 482 g/mol. The van der Waals surface area contributed by atoms with Crippen molar-refractivity contribution in [2.45, 2.75) is 25.6 Å². The van der Waals surface area contributed by atoms with Crippen LogP contribution in [0.4, 0.5) is 18.9 Å². The molecule has 0 fully saturated rings. The number of alkyl halides is 3. The van der Waals surface area contributed by atoms with Crippen molar-refractivity contribution in [3.63, 3.8) is 0 Å². The highest BCUT2D eigenvalue weighted by atomic mass is 35.5. The number of hydrogen-bond acceptors (Lipinski definition) is 4. The Bertz CT molecular complexity index is 1060. The normalized spacial score (nSPS) is 17.8. The largest absolute Gasteiger partial charge is 0.416 e. The van der Waals surface area contributed by atoms with E-state index in [-0.39, 0.29) is 35.2 Å². The molecule has 2 amide bonds. The number of carbonyl (C=O) groups excluding carboxylic acids is 2. The van der Waals surface area contributed by atoms with E-state index in [0.29, 0.717) is 25.7 Å². The number of likely N-dealkylation sites (N-methyl/N-ethyl adjacent to an activating group) is 1. The molecule has 0 radical (unpaired) electrons. The number of nitrogens with two attached hydrogens (primary N) is 1. The first-order valence-electron chi connectivity index (χ1n) is 10.0. The number of primary amides is 1. The van der Waals surface area contributed by atoms with E-state index in [9.17, 15) is 27.9 Å². The average molecular weight is 506 g/mol. The lowest BCUT2D eigenvalue weighted by atomic mass is 9.83. The van der Waals surface area contributed by atoms with Crippen LogP contribution in [0.3, 0.4) is 0 Å². The zero-order chi connectivity index (χ0) is 23.8. The van der Waals surface area contributed by atoms with Gasteiger partial charge in [-0.2, -0.15) is 13.2 Å². The van der Waals surface area contributed by atoms with Crippen molar-refractivity contribution >= 4 is 41.5 Å². The maximum absolute atomic E-state index is 14.1. The van der Waals surface area contributed by atoms with Gasteiger partial charge >= 0.3 is 6.18 Å². The van der Waals surface area contributed by atoms with Crippen molar-refractivity contribution in [2.24, 2.45) is 5.73 Å². The second-order valence-corrected chi connectivity index (χ2v) is 7.86. The first-order chi connectivity index (χ1) is 15.0. The molecule has 1 atom stereocenters. The Kier molecular flexibility index (Phi) is 8.06. The Balaban J connectivity index is 0.00000385. The minimum Gasteiger partial charge on any atom is -0.372 e. The van der Waals surface area contributed by atoms with E-state index in [1.807, 2.05) is 18.7 Å². The standard InChI is InChI=1S/C22H23ClF3N3O3.ClH/c1-3-28(4-2)9-10-29-17-12-13(19(27)30)11-15(22(24,25)26)18(17)21(32,20(29)31)14-7-5-6-8-16(14)23;/h5-8,11-12,32H,3-4,9-10H2,1-2H3,(H2,27,30);1H. The van der Waals surface area contributed by atoms with Crippen LogP contribution in [0.2, 0.25) is 5.02 Å². The Hall–Kier alpha value is -2.33. The number of anilines is 1. The van der Waals surface area contributed by atoms with E-state index in [1.54, 1.807) is 0 Å². The molecule has 1 heterocycles. The summed E-state index contributed by atoms with van der Waals surface area (Å²) in [4.78, 5) is 28.3. The molecule has 33 heavy (non-hydrogen) atoms. The van der Waals surface area contributed by atoms with Crippen molar-refractivity contribution in [3.05, 3.63) is 63.7 Å². The third-order valence-corrected chi connectivity index (χ3v) is 6.04. The Morgan fingerprint density at radius 3 is 2.33 bits per heavy atom. The average Bonchev–Trinajstić information content (AvgIpc) is 2.95.